The van der Waals surface area contributed by atoms with Crippen molar-refractivity contribution in [1.82, 2.24) is 25.1 Å². The van der Waals surface area contributed by atoms with Gasteiger partial charge in [-0.2, -0.15) is 5.10 Å². The summed E-state index contributed by atoms with van der Waals surface area (Å²) in [7, 11) is 0. The molecule has 0 unspecified atom stereocenters. The topological polar surface area (TPSA) is 96.6 Å². The van der Waals surface area contributed by atoms with Crippen LogP contribution in [0.5, 0.6) is 0 Å². The van der Waals surface area contributed by atoms with Gasteiger partial charge in [-0.15, -0.1) is 0 Å². The van der Waals surface area contributed by atoms with Gasteiger partial charge in [0.25, 0.3) is 0 Å². The number of aromatic nitrogens is 5. The number of nitrogens with one attached hydrogen (secondary N) is 1. The molecule has 3 aromatic heterocycles. The van der Waals surface area contributed by atoms with Gasteiger partial charge in [-0.3, -0.25) is 10.1 Å². The van der Waals surface area contributed by atoms with Crippen LogP contribution in [0.15, 0.2) is 30.6 Å². The number of piperidine rings is 1. The van der Waals surface area contributed by atoms with E-state index >= 15 is 0 Å². The second-order valence-corrected chi connectivity index (χ2v) is 6.72. The standard InChI is InChI=1S/C17H21N7/c1-17(11-18)5-8-24(9-6-17)13-10-20-15-14(22-23-16(15)21-13)12-4-2-3-7-19-12/h2-4,7,10H,5-6,8-9,11,18H2,1H3,(H,21,22,23). The number of hydrogen-bond acceptors (Lipinski definition) is 6. The molecule has 1 fully saturated rings. The molecule has 1 saturated heterocycles. The minimum Gasteiger partial charge on any atom is -0.355 e. The summed E-state index contributed by atoms with van der Waals surface area (Å²) in [4.78, 5) is 15.9. The fraction of sp³-hybridized carbons (Fsp3) is 0.412. The zero-order valence-corrected chi connectivity index (χ0v) is 13.7. The lowest BCUT2D eigenvalue weighted by atomic mass is 9.80. The third kappa shape index (κ3) is 2.60. The summed E-state index contributed by atoms with van der Waals surface area (Å²) in [6.45, 7) is 4.89. The minimum absolute atomic E-state index is 0.243. The van der Waals surface area contributed by atoms with Crippen LogP contribution in [0.25, 0.3) is 22.6 Å². The van der Waals surface area contributed by atoms with E-state index in [1.54, 1.807) is 6.20 Å². The van der Waals surface area contributed by atoms with Gasteiger partial charge < -0.3 is 10.6 Å². The molecule has 24 heavy (non-hydrogen) atoms. The van der Waals surface area contributed by atoms with Gasteiger partial charge in [0.05, 0.1) is 11.9 Å². The SMILES string of the molecule is CC1(CN)CCN(c2cnc3c(-c4ccccn4)[nH]nc3n2)CC1. The highest BCUT2D eigenvalue weighted by Crippen LogP contribution is 2.32. The molecule has 4 heterocycles. The van der Waals surface area contributed by atoms with E-state index in [9.17, 15) is 0 Å². The number of fused-ring (bicyclic) bond motifs is 1. The summed E-state index contributed by atoms with van der Waals surface area (Å²) >= 11 is 0. The van der Waals surface area contributed by atoms with Gasteiger partial charge in [0, 0.05) is 19.3 Å². The summed E-state index contributed by atoms with van der Waals surface area (Å²) in [5, 5.41) is 7.32. The lowest BCUT2D eigenvalue weighted by Gasteiger charge is -2.39. The smallest absolute Gasteiger partial charge is 0.202 e. The fourth-order valence-electron chi connectivity index (χ4n) is 3.11. The molecule has 124 valence electrons. The highest BCUT2D eigenvalue weighted by Gasteiger charge is 2.29. The van der Waals surface area contributed by atoms with Crippen molar-refractivity contribution < 1.29 is 0 Å². The monoisotopic (exact) mass is 323 g/mol. The quantitative estimate of drug-likeness (QED) is 0.765. The molecule has 7 heteroatoms. The lowest BCUT2D eigenvalue weighted by Crippen LogP contribution is -2.42. The predicted octanol–water partition coefficient (Wildman–Crippen LogP) is 1.98. The third-order valence-corrected chi connectivity index (χ3v) is 4.96. The number of rotatable bonds is 3. The molecule has 1 aliphatic rings. The molecular weight excluding hydrogens is 302 g/mol. The first-order chi connectivity index (χ1) is 11.7. The van der Waals surface area contributed by atoms with E-state index < -0.39 is 0 Å². The van der Waals surface area contributed by atoms with Gasteiger partial charge in [0.2, 0.25) is 5.65 Å². The number of H-pyrrole nitrogens is 1. The van der Waals surface area contributed by atoms with Gasteiger partial charge in [-0.05, 0) is 36.9 Å². The van der Waals surface area contributed by atoms with Crippen LogP contribution in [0, 0.1) is 5.41 Å². The Morgan fingerprint density at radius 2 is 2.08 bits per heavy atom. The average Bonchev–Trinajstić information content (AvgIpc) is 3.06. The Morgan fingerprint density at radius 1 is 1.25 bits per heavy atom. The lowest BCUT2D eigenvalue weighted by molar-refractivity contribution is 0.258. The molecule has 0 bridgehead atoms. The molecule has 4 rings (SSSR count). The molecule has 3 N–H and O–H groups in total. The Kier molecular flexibility index (Phi) is 3.65. The molecule has 0 aliphatic carbocycles. The van der Waals surface area contributed by atoms with E-state index in [0.717, 1.165) is 55.2 Å². The van der Waals surface area contributed by atoms with E-state index in [1.165, 1.54) is 0 Å². The highest BCUT2D eigenvalue weighted by atomic mass is 15.2. The van der Waals surface area contributed by atoms with Gasteiger partial charge in [-0.25, -0.2) is 9.97 Å². The van der Waals surface area contributed by atoms with Crippen molar-refractivity contribution >= 4 is 17.0 Å². The summed E-state index contributed by atoms with van der Waals surface area (Å²) in [5.74, 6) is 0.876. The fourth-order valence-corrected chi connectivity index (χ4v) is 3.11. The van der Waals surface area contributed by atoms with Gasteiger partial charge in [0.15, 0.2) is 0 Å². The Labute approximate surface area is 140 Å². The van der Waals surface area contributed by atoms with Crippen molar-refractivity contribution in [3.05, 3.63) is 30.6 Å². The van der Waals surface area contributed by atoms with Crippen LogP contribution >= 0.6 is 0 Å². The molecule has 0 spiro atoms. The maximum Gasteiger partial charge on any atom is 0.202 e. The maximum atomic E-state index is 5.89. The number of anilines is 1. The van der Waals surface area contributed by atoms with Crippen LogP contribution in [0.2, 0.25) is 0 Å². The molecule has 0 radical (unpaired) electrons. The highest BCUT2D eigenvalue weighted by molar-refractivity contribution is 5.86. The third-order valence-electron chi connectivity index (χ3n) is 4.96. The van der Waals surface area contributed by atoms with Crippen molar-refractivity contribution in [3.63, 3.8) is 0 Å². The van der Waals surface area contributed by atoms with Gasteiger partial charge in [-0.1, -0.05) is 13.0 Å². The summed E-state index contributed by atoms with van der Waals surface area (Å²) in [5.41, 5.74) is 9.13. The van der Waals surface area contributed by atoms with E-state index in [-0.39, 0.29) is 5.41 Å². The van der Waals surface area contributed by atoms with Gasteiger partial charge >= 0.3 is 0 Å². The van der Waals surface area contributed by atoms with Crippen molar-refractivity contribution in [2.45, 2.75) is 19.8 Å². The normalized spacial score (nSPS) is 17.3. The maximum absolute atomic E-state index is 5.89. The summed E-state index contributed by atoms with van der Waals surface area (Å²) in [6, 6.07) is 5.76. The largest absolute Gasteiger partial charge is 0.355 e. The molecule has 0 saturated carbocycles. The first-order valence-corrected chi connectivity index (χ1v) is 8.26. The second kappa shape index (κ2) is 5.83. The van der Waals surface area contributed by atoms with Crippen molar-refractivity contribution in [2.75, 3.05) is 24.5 Å². The number of hydrogen-bond donors (Lipinski definition) is 2. The molecule has 3 aromatic rings. The van der Waals surface area contributed by atoms with Crippen LogP contribution in [-0.2, 0) is 0 Å². The van der Waals surface area contributed by atoms with Crippen LogP contribution in [0.4, 0.5) is 5.82 Å². The van der Waals surface area contributed by atoms with E-state index in [0.29, 0.717) is 5.65 Å². The Morgan fingerprint density at radius 3 is 2.79 bits per heavy atom. The minimum atomic E-state index is 0.243. The average molecular weight is 323 g/mol. The summed E-state index contributed by atoms with van der Waals surface area (Å²) < 4.78 is 0. The molecule has 0 aromatic carbocycles. The van der Waals surface area contributed by atoms with Crippen LogP contribution in [-0.4, -0.2) is 44.8 Å². The molecular formula is C17H21N7. The number of nitrogens with zero attached hydrogens (tertiary/aromatic N) is 5. The van der Waals surface area contributed by atoms with Crippen molar-refractivity contribution in [3.8, 4) is 11.4 Å². The molecule has 7 nitrogen and oxygen atoms in total. The van der Waals surface area contributed by atoms with Gasteiger partial charge in [0.1, 0.15) is 17.0 Å². The number of pyridine rings is 1. The first-order valence-electron chi connectivity index (χ1n) is 8.26. The predicted molar refractivity (Wildman–Crippen MR) is 93.5 cm³/mol. The Bertz CT molecular complexity index is 835. The summed E-state index contributed by atoms with van der Waals surface area (Å²) in [6.07, 6.45) is 5.73. The van der Waals surface area contributed by atoms with E-state index in [2.05, 4.69) is 37.0 Å². The van der Waals surface area contributed by atoms with E-state index in [4.69, 9.17) is 5.73 Å². The van der Waals surface area contributed by atoms with Crippen molar-refractivity contribution in [1.29, 1.82) is 0 Å². The second-order valence-electron chi connectivity index (χ2n) is 6.72. The number of nitrogens with two attached hydrogens (primary N) is 1. The molecule has 1 aliphatic heterocycles. The van der Waals surface area contributed by atoms with Crippen LogP contribution in [0.3, 0.4) is 0 Å². The molecule has 0 atom stereocenters. The van der Waals surface area contributed by atoms with E-state index in [1.807, 2.05) is 24.4 Å². The molecule has 0 amide bonds. The number of aromatic amines is 1. The Balaban J connectivity index is 1.61. The zero-order valence-electron chi connectivity index (χ0n) is 13.7. The zero-order chi connectivity index (χ0) is 16.6. The van der Waals surface area contributed by atoms with Crippen molar-refractivity contribution in [2.24, 2.45) is 11.1 Å². The Hall–Kier alpha value is -2.54. The first kappa shape index (κ1) is 15.0. The van der Waals surface area contributed by atoms with Crippen LogP contribution in [0.1, 0.15) is 19.8 Å². The van der Waals surface area contributed by atoms with Crippen LogP contribution < -0.4 is 10.6 Å².